The van der Waals surface area contributed by atoms with Crippen molar-refractivity contribution in [3.8, 4) is 34.1 Å². The van der Waals surface area contributed by atoms with Crippen LogP contribution in [-0.4, -0.2) is 196 Å². The highest BCUT2D eigenvalue weighted by molar-refractivity contribution is 7.46. The van der Waals surface area contributed by atoms with E-state index >= 15 is 0 Å². The Hall–Kier alpha value is -9.31. The van der Waals surface area contributed by atoms with E-state index in [1.807, 2.05) is 49.3 Å². The molecule has 103 heavy (non-hydrogen) atoms. The molecule has 37 heteroatoms. The number of carbonyl (C=O) groups excluding carboxylic acids is 5. The number of phosphoric ester groups is 2. The number of aliphatic hydroxyl groups excluding tert-OH is 1. The van der Waals surface area contributed by atoms with E-state index in [2.05, 4.69) is 47.7 Å². The third kappa shape index (κ3) is 20.1. The first-order valence-corrected chi connectivity index (χ1v) is 35.3. The Morgan fingerprint density at radius 3 is 1.90 bits per heavy atom. The number of ether oxygens (including phenoxy) is 4. The molecule has 3 aromatic carbocycles. The molecule has 3 aliphatic rings. The summed E-state index contributed by atoms with van der Waals surface area (Å²) in [5, 5.41) is 19.9. The lowest BCUT2D eigenvalue weighted by atomic mass is 10.0. The molecule has 4 aromatic heterocycles. The van der Waals surface area contributed by atoms with Gasteiger partial charge in [0.25, 0.3) is 26.8 Å². The summed E-state index contributed by atoms with van der Waals surface area (Å²) in [4.78, 5) is 159. The summed E-state index contributed by atoms with van der Waals surface area (Å²) in [6, 6.07) is 22.1. The van der Waals surface area contributed by atoms with Gasteiger partial charge in [-0.3, -0.25) is 61.8 Å². The summed E-state index contributed by atoms with van der Waals surface area (Å²) < 4.78 is 76.4. The Balaban J connectivity index is 0.764. The molecule has 8 N–H and O–H groups in total. The molecule has 0 bridgehead atoms. The number of phosphoric acid groups is 2. The van der Waals surface area contributed by atoms with E-state index in [1.165, 1.54) is 37.7 Å². The average molecular weight is 1460 g/mol. The molecule has 3 aliphatic heterocycles. The van der Waals surface area contributed by atoms with Crippen LogP contribution in [0.25, 0.3) is 33.3 Å². The first-order valence-electron chi connectivity index (χ1n) is 32.4. The number of nitrogen functional groups attached to an aromatic ring is 1. The summed E-state index contributed by atoms with van der Waals surface area (Å²) in [5.41, 5.74) is 5.69. The van der Waals surface area contributed by atoms with Crippen LogP contribution >= 0.6 is 15.6 Å². The van der Waals surface area contributed by atoms with Gasteiger partial charge in [0, 0.05) is 107 Å². The minimum absolute atomic E-state index is 0.0707. The van der Waals surface area contributed by atoms with Crippen LogP contribution in [-0.2, 0) is 67.1 Å². The minimum Gasteiger partial charge on any atom is -0.756 e. The number of H-pyrrole nitrogens is 2. The number of aromatic amines is 2. The number of likely N-dealkylation sites (N-methyl/N-ethyl adjacent to an activating group) is 1. The Morgan fingerprint density at radius 2 is 1.28 bits per heavy atom. The molecule has 3 amide bonds. The molecule has 7 heterocycles. The fourth-order valence-corrected chi connectivity index (χ4v) is 13.5. The zero-order valence-corrected chi connectivity index (χ0v) is 57.7. The number of rotatable bonds is 33. The van der Waals surface area contributed by atoms with Gasteiger partial charge in [-0.25, -0.2) is 19.6 Å². The number of benzene rings is 3. The van der Waals surface area contributed by atoms with Gasteiger partial charge < -0.3 is 88.0 Å². The van der Waals surface area contributed by atoms with Crippen molar-refractivity contribution in [2.45, 2.75) is 94.0 Å². The number of aromatic nitrogens is 7. The molecule has 35 nitrogen and oxygen atoms in total. The van der Waals surface area contributed by atoms with Crippen LogP contribution in [0.5, 0.6) is 0 Å². The second kappa shape index (κ2) is 34.8. The molecule has 0 radical (unpaired) electrons. The summed E-state index contributed by atoms with van der Waals surface area (Å²) in [5.74, 6) is 4.04. The van der Waals surface area contributed by atoms with Gasteiger partial charge in [-0.1, -0.05) is 90.7 Å². The average Bonchev–Trinajstić information content (AvgIpc) is 1.59. The first kappa shape index (κ1) is 76.3. The highest BCUT2D eigenvalue weighted by atomic mass is 31.2. The number of carbonyl (C=O) groups is 5. The highest BCUT2D eigenvalue weighted by Crippen LogP contribution is 2.49. The molecule has 3 saturated heterocycles. The fraction of sp³-hybridized carbons (Fsp3) is 0.409. The smallest absolute Gasteiger partial charge is 0.330 e. The van der Waals surface area contributed by atoms with Crippen molar-refractivity contribution in [3.05, 3.63) is 168 Å². The summed E-state index contributed by atoms with van der Waals surface area (Å²) in [6.07, 6.45) is -7.12. The molecular formula is C66H75N13O22P2-2. The lowest BCUT2D eigenvalue weighted by molar-refractivity contribution is -0.238. The monoisotopic (exact) mass is 1460 g/mol. The Labute approximate surface area is 586 Å². The lowest BCUT2D eigenvalue weighted by Crippen LogP contribution is -2.41. The number of nitrogens with zero attached hydrogens (tertiary/aromatic N) is 7. The number of anilines is 1. The second-order valence-corrected chi connectivity index (χ2v) is 27.1. The van der Waals surface area contributed by atoms with Crippen LogP contribution < -0.4 is 54.0 Å². The molecular weight excluding hydrogens is 1390 g/mol. The van der Waals surface area contributed by atoms with E-state index in [0.29, 0.717) is 66.5 Å². The number of nitrogens with two attached hydrogens (primary N) is 1. The van der Waals surface area contributed by atoms with Crippen molar-refractivity contribution in [1.82, 2.24) is 59.4 Å². The van der Waals surface area contributed by atoms with Gasteiger partial charge in [-0.15, -0.1) is 0 Å². The van der Waals surface area contributed by atoms with E-state index in [0.717, 1.165) is 27.1 Å². The highest BCUT2D eigenvalue weighted by Gasteiger charge is 2.44. The molecule has 0 aliphatic carbocycles. The van der Waals surface area contributed by atoms with Crippen molar-refractivity contribution in [1.29, 1.82) is 0 Å². The molecule has 3 fully saturated rings. The molecule has 7 aromatic rings. The third-order valence-corrected chi connectivity index (χ3v) is 18.9. The van der Waals surface area contributed by atoms with E-state index in [1.54, 1.807) is 39.9 Å². The minimum atomic E-state index is -5.57. The van der Waals surface area contributed by atoms with Gasteiger partial charge in [0.2, 0.25) is 17.7 Å². The Kier molecular flexibility index (Phi) is 25.8. The number of methoxy groups -OCH3 is 1. The summed E-state index contributed by atoms with van der Waals surface area (Å²) in [7, 11) is -6.12. The van der Waals surface area contributed by atoms with Gasteiger partial charge in [0.05, 0.1) is 62.2 Å². The van der Waals surface area contributed by atoms with Crippen molar-refractivity contribution in [2.24, 2.45) is 0 Å². The molecule has 2 unspecified atom stereocenters. The van der Waals surface area contributed by atoms with Crippen LogP contribution in [0.3, 0.4) is 0 Å². The SMILES string of the molecule is COC[C@H]1O[C@@H](n2cc(C#CCNC(=O)CNC(=O)CCN(CCN(C)C)C(=O)CCNCc3ccccc3)c(=O)[nH]c2=O)C[C@@H]1OP(=O)([O-])OC[C@H]1O[C@@H](n2cc(-c3ccc(C=O)cc3)c(=O)[nH]c2=O)C[C@@H]1OP(=O)([O-])OC[C@H]1O[C@@H](n2cc(-c3ccc(C=O)cc3)c3c(N)ncnc32)C[C@@H]1O. The van der Waals surface area contributed by atoms with E-state index in [4.69, 9.17) is 42.8 Å². The number of nitrogens with one attached hydrogen (secondary N) is 5. The quantitative estimate of drug-likeness (QED) is 0.0125. The van der Waals surface area contributed by atoms with Gasteiger partial charge in [0.1, 0.15) is 72.9 Å². The number of hydrogen-bond acceptors (Lipinski definition) is 27. The van der Waals surface area contributed by atoms with Crippen molar-refractivity contribution in [3.63, 3.8) is 0 Å². The molecule has 0 saturated carbocycles. The number of hydrogen-bond donors (Lipinski definition) is 7. The zero-order valence-electron chi connectivity index (χ0n) is 55.9. The van der Waals surface area contributed by atoms with Crippen LogP contribution in [0.2, 0.25) is 0 Å². The zero-order chi connectivity index (χ0) is 73.5. The summed E-state index contributed by atoms with van der Waals surface area (Å²) >= 11 is 0. The number of aliphatic hydroxyl groups is 1. The third-order valence-electron chi connectivity index (χ3n) is 16.9. The van der Waals surface area contributed by atoms with Gasteiger partial charge in [-0.2, -0.15) is 0 Å². The molecule has 11 atom stereocenters. The van der Waals surface area contributed by atoms with Crippen molar-refractivity contribution in [2.75, 3.05) is 86.0 Å². The Bertz CT molecular complexity index is 4600. The topological polar surface area (TPSA) is 469 Å². The predicted octanol–water partition coefficient (Wildman–Crippen LogP) is 0.227. The van der Waals surface area contributed by atoms with Crippen molar-refractivity contribution >= 4 is 62.8 Å². The van der Waals surface area contributed by atoms with Crippen LogP contribution in [0.1, 0.15) is 82.6 Å². The summed E-state index contributed by atoms with van der Waals surface area (Å²) in [6.45, 7) is -0.824. The first-order chi connectivity index (χ1) is 49.4. The normalized spacial score (nSPS) is 21.3. The molecule has 10 rings (SSSR count). The molecule has 548 valence electrons. The van der Waals surface area contributed by atoms with E-state index < -0.39 is 138 Å². The van der Waals surface area contributed by atoms with Crippen LogP contribution in [0.15, 0.2) is 123 Å². The standard InChI is InChI=1S/C66H77N13O22P2/c1-75(2)24-25-76(56(85)19-22-68-29-40-8-5-4-6-9-40)23-20-54(83)70-30-55(84)69-21-7-10-45-31-78(65(88)73-63(45)86)58-27-49(52(98-58)36-94-3)100-103(92,93)96-38-53-50(28-59(99-53)79-33-47(64(87)74-66(79)89)44-17-13-42(35-81)14-18-44)101-102(90,91)95-37-51-48(82)26-57(97-51)77-32-46(43-15-11-41(34-80)12-16-43)60-61(67)71-39-72-62(60)77/h4-6,8-9,11-18,31-35,39,48-53,57-59,68,82H,19-30,36-38H2,1-3H3,(H,69,84)(H,70,83)(H,90,91)(H,92,93)(H2,67,71,72)(H,73,86,88)(H,74,87,89)/p-2/t48-,49-,50-,51+,52+,53+,57+,58+,59+/m0/s1. The maximum absolute atomic E-state index is 13.9. The van der Waals surface area contributed by atoms with Crippen LogP contribution in [0, 0.1) is 11.8 Å². The van der Waals surface area contributed by atoms with Crippen LogP contribution in [0.4, 0.5) is 5.82 Å². The predicted molar refractivity (Wildman–Crippen MR) is 362 cm³/mol. The van der Waals surface area contributed by atoms with Gasteiger partial charge in [0.15, 0.2) is 0 Å². The Morgan fingerprint density at radius 1 is 0.709 bits per heavy atom. The number of aldehydes is 2. The van der Waals surface area contributed by atoms with Gasteiger partial charge >= 0.3 is 11.4 Å². The van der Waals surface area contributed by atoms with E-state index in [9.17, 15) is 67.2 Å². The number of fused-ring (bicyclic) bond motifs is 1. The maximum atomic E-state index is 13.9. The maximum Gasteiger partial charge on any atom is 0.330 e. The second-order valence-electron chi connectivity index (χ2n) is 24.4. The largest absolute Gasteiger partial charge is 0.756 e. The fourth-order valence-electron chi connectivity index (χ4n) is 11.6. The van der Waals surface area contributed by atoms with Crippen molar-refractivity contribution < 1.29 is 85.0 Å². The van der Waals surface area contributed by atoms with Gasteiger partial charge in [-0.05, 0) is 30.8 Å². The lowest BCUT2D eigenvalue weighted by Gasteiger charge is -2.31. The van der Waals surface area contributed by atoms with E-state index in [-0.39, 0.29) is 72.9 Å². The number of amides is 3. The molecule has 0 spiro atoms.